The van der Waals surface area contributed by atoms with Crippen LogP contribution in [0.2, 0.25) is 0 Å². The van der Waals surface area contributed by atoms with Crippen LogP contribution < -0.4 is 9.62 Å². The molecule has 3 aromatic rings. The second kappa shape index (κ2) is 6.75. The van der Waals surface area contributed by atoms with Crippen molar-refractivity contribution >= 4 is 21.7 Å². The third-order valence-electron chi connectivity index (χ3n) is 4.20. The third-order valence-corrected chi connectivity index (χ3v) is 5.59. The first-order valence-electron chi connectivity index (χ1n) is 8.32. The summed E-state index contributed by atoms with van der Waals surface area (Å²) in [5, 5.41) is 4.12. The van der Waals surface area contributed by atoms with Gasteiger partial charge >= 0.3 is 0 Å². The molecule has 0 amide bonds. The van der Waals surface area contributed by atoms with Crippen LogP contribution in [0, 0.1) is 0 Å². The van der Waals surface area contributed by atoms with Crippen LogP contribution in [0.1, 0.15) is 12.8 Å². The van der Waals surface area contributed by atoms with Gasteiger partial charge in [0.25, 0.3) is 10.0 Å². The molecule has 1 saturated heterocycles. The topological polar surface area (TPSA) is 93.0 Å². The Morgan fingerprint density at radius 1 is 1.00 bits per heavy atom. The molecule has 0 aliphatic carbocycles. The molecule has 3 heterocycles. The van der Waals surface area contributed by atoms with Gasteiger partial charge in [0.05, 0.1) is 28.7 Å². The lowest BCUT2D eigenvalue weighted by Gasteiger charge is -2.15. The number of nitrogens with one attached hydrogen (secondary N) is 1. The average molecular weight is 370 g/mol. The highest BCUT2D eigenvalue weighted by atomic mass is 32.2. The molecule has 1 N–H and O–H groups in total. The standard InChI is InChI=1S/C17H18N6O2S/c24-26(25,16-6-4-15(5-7-16)23-11-3-8-20-23)21-14-12-18-17(19-13-14)22-9-1-2-10-22/h3-8,11-13,21H,1-2,9-10H2. The van der Waals surface area contributed by atoms with E-state index in [2.05, 4.69) is 24.7 Å². The SMILES string of the molecule is O=S(=O)(Nc1cnc(N2CCCC2)nc1)c1ccc(-n2cccn2)cc1. The first-order valence-corrected chi connectivity index (χ1v) is 9.80. The minimum atomic E-state index is -3.70. The molecule has 134 valence electrons. The zero-order chi connectivity index (χ0) is 18.0. The third kappa shape index (κ3) is 3.38. The second-order valence-corrected chi connectivity index (χ2v) is 7.70. The molecule has 4 rings (SSSR count). The Morgan fingerprint density at radius 3 is 2.31 bits per heavy atom. The largest absolute Gasteiger partial charge is 0.341 e. The van der Waals surface area contributed by atoms with Crippen molar-refractivity contribution in [2.24, 2.45) is 0 Å². The van der Waals surface area contributed by atoms with Gasteiger partial charge < -0.3 is 4.90 Å². The molecule has 1 aliphatic rings. The van der Waals surface area contributed by atoms with Crippen LogP contribution >= 0.6 is 0 Å². The summed E-state index contributed by atoms with van der Waals surface area (Å²) in [5.41, 5.74) is 1.12. The Hall–Kier alpha value is -2.94. The van der Waals surface area contributed by atoms with Gasteiger partial charge in [0.1, 0.15) is 0 Å². The molecule has 0 radical (unpaired) electrons. The molecule has 0 unspecified atom stereocenters. The molecule has 26 heavy (non-hydrogen) atoms. The Kier molecular flexibility index (Phi) is 4.29. The van der Waals surface area contributed by atoms with E-state index in [-0.39, 0.29) is 4.90 Å². The summed E-state index contributed by atoms with van der Waals surface area (Å²) in [5.74, 6) is 0.633. The van der Waals surface area contributed by atoms with Gasteiger partial charge in [-0.15, -0.1) is 0 Å². The summed E-state index contributed by atoms with van der Waals surface area (Å²) < 4.78 is 29.3. The molecule has 9 heteroatoms. The number of hydrogen-bond acceptors (Lipinski definition) is 6. The first-order chi connectivity index (χ1) is 12.6. The molecular weight excluding hydrogens is 352 g/mol. The highest BCUT2D eigenvalue weighted by Crippen LogP contribution is 2.19. The molecule has 2 aromatic heterocycles. The number of aromatic nitrogens is 4. The van der Waals surface area contributed by atoms with Crippen molar-refractivity contribution in [2.75, 3.05) is 22.7 Å². The molecule has 0 bridgehead atoms. The minimum Gasteiger partial charge on any atom is -0.341 e. The van der Waals surface area contributed by atoms with Crippen LogP contribution in [0.3, 0.4) is 0 Å². The average Bonchev–Trinajstić information content (AvgIpc) is 3.36. The Balaban J connectivity index is 1.49. The Labute approximate surface area is 151 Å². The van der Waals surface area contributed by atoms with Crippen molar-refractivity contribution in [3.63, 3.8) is 0 Å². The number of rotatable bonds is 5. The van der Waals surface area contributed by atoms with Crippen molar-refractivity contribution in [1.29, 1.82) is 0 Å². The number of benzene rings is 1. The van der Waals surface area contributed by atoms with Crippen molar-refractivity contribution in [2.45, 2.75) is 17.7 Å². The van der Waals surface area contributed by atoms with Crippen LogP contribution in [-0.4, -0.2) is 41.3 Å². The Bertz CT molecular complexity index is 963. The van der Waals surface area contributed by atoms with Crippen molar-refractivity contribution in [1.82, 2.24) is 19.7 Å². The summed E-state index contributed by atoms with van der Waals surface area (Å²) in [4.78, 5) is 10.8. The highest BCUT2D eigenvalue weighted by molar-refractivity contribution is 7.92. The molecule has 8 nitrogen and oxygen atoms in total. The van der Waals surface area contributed by atoms with Gasteiger partial charge in [-0.1, -0.05) is 0 Å². The van der Waals surface area contributed by atoms with Crippen LogP contribution in [0.25, 0.3) is 5.69 Å². The molecule has 0 spiro atoms. The monoisotopic (exact) mass is 370 g/mol. The van der Waals surface area contributed by atoms with Gasteiger partial charge in [0.15, 0.2) is 0 Å². The number of anilines is 2. The van der Waals surface area contributed by atoms with E-state index in [1.807, 2.05) is 0 Å². The summed E-state index contributed by atoms with van der Waals surface area (Å²) in [6, 6.07) is 8.29. The van der Waals surface area contributed by atoms with E-state index in [0.717, 1.165) is 31.6 Å². The summed E-state index contributed by atoms with van der Waals surface area (Å²) in [6.45, 7) is 1.88. The van der Waals surface area contributed by atoms with Crippen LogP contribution in [0.5, 0.6) is 0 Å². The van der Waals surface area contributed by atoms with Crippen LogP contribution in [0.4, 0.5) is 11.6 Å². The summed E-state index contributed by atoms with van der Waals surface area (Å²) >= 11 is 0. The van der Waals surface area contributed by atoms with Crippen molar-refractivity contribution in [3.05, 3.63) is 55.1 Å². The first kappa shape index (κ1) is 16.5. The van der Waals surface area contributed by atoms with E-state index in [4.69, 9.17) is 0 Å². The highest BCUT2D eigenvalue weighted by Gasteiger charge is 2.17. The molecular formula is C17H18N6O2S. The number of hydrogen-bond donors (Lipinski definition) is 1. The molecule has 0 saturated carbocycles. The molecule has 1 aromatic carbocycles. The van der Waals surface area contributed by atoms with Gasteiger partial charge in [-0.25, -0.2) is 23.1 Å². The number of sulfonamides is 1. The fraction of sp³-hybridized carbons (Fsp3) is 0.235. The lowest BCUT2D eigenvalue weighted by Crippen LogP contribution is -2.20. The summed E-state index contributed by atoms with van der Waals surface area (Å²) in [6.07, 6.45) is 8.71. The minimum absolute atomic E-state index is 0.164. The van der Waals surface area contributed by atoms with Crippen LogP contribution in [0.15, 0.2) is 60.0 Å². The van der Waals surface area contributed by atoms with Gasteiger partial charge in [0.2, 0.25) is 5.95 Å². The fourth-order valence-corrected chi connectivity index (χ4v) is 3.90. The molecule has 1 fully saturated rings. The Morgan fingerprint density at radius 2 is 1.69 bits per heavy atom. The van der Waals surface area contributed by atoms with E-state index < -0.39 is 10.0 Å². The van der Waals surface area contributed by atoms with Crippen molar-refractivity contribution in [3.8, 4) is 5.69 Å². The van der Waals surface area contributed by atoms with E-state index >= 15 is 0 Å². The van der Waals surface area contributed by atoms with Gasteiger partial charge in [-0.2, -0.15) is 5.10 Å². The predicted octanol–water partition coefficient (Wildman–Crippen LogP) is 2.06. The number of nitrogens with zero attached hydrogens (tertiary/aromatic N) is 5. The zero-order valence-electron chi connectivity index (χ0n) is 14.0. The van der Waals surface area contributed by atoms with Gasteiger partial charge in [0, 0.05) is 25.5 Å². The smallest absolute Gasteiger partial charge is 0.261 e. The molecule has 1 aliphatic heterocycles. The van der Waals surface area contributed by atoms with E-state index in [1.54, 1.807) is 47.4 Å². The van der Waals surface area contributed by atoms with Crippen LogP contribution in [-0.2, 0) is 10.0 Å². The molecule has 0 atom stereocenters. The summed E-state index contributed by atoms with van der Waals surface area (Å²) in [7, 11) is -3.70. The van der Waals surface area contributed by atoms with E-state index in [1.165, 1.54) is 12.4 Å². The van der Waals surface area contributed by atoms with Gasteiger partial charge in [-0.3, -0.25) is 4.72 Å². The van der Waals surface area contributed by atoms with E-state index in [9.17, 15) is 8.42 Å². The maximum Gasteiger partial charge on any atom is 0.261 e. The lowest BCUT2D eigenvalue weighted by molar-refractivity contribution is 0.601. The quantitative estimate of drug-likeness (QED) is 0.739. The lowest BCUT2D eigenvalue weighted by atomic mass is 10.3. The maximum absolute atomic E-state index is 12.5. The maximum atomic E-state index is 12.5. The van der Waals surface area contributed by atoms with Crippen molar-refractivity contribution < 1.29 is 8.42 Å². The van der Waals surface area contributed by atoms with E-state index in [0.29, 0.717) is 11.6 Å². The predicted molar refractivity (Wildman–Crippen MR) is 97.9 cm³/mol. The fourth-order valence-electron chi connectivity index (χ4n) is 2.87. The zero-order valence-corrected chi connectivity index (χ0v) is 14.8. The van der Waals surface area contributed by atoms with Gasteiger partial charge in [-0.05, 0) is 43.2 Å². The second-order valence-electron chi connectivity index (χ2n) is 6.02. The normalized spacial score (nSPS) is 14.5.